The van der Waals surface area contributed by atoms with Crippen LogP contribution in [-0.2, 0) is 32.2 Å². The number of carbonyl (C=O) groups excluding carboxylic acids is 1. The van der Waals surface area contributed by atoms with E-state index < -0.39 is 36.7 Å². The lowest BCUT2D eigenvalue weighted by Gasteiger charge is -2.42. The minimum absolute atomic E-state index is 0.205. The summed E-state index contributed by atoms with van der Waals surface area (Å²) >= 11 is 0. The first-order valence-electron chi connectivity index (χ1n) is 11.2. The van der Waals surface area contributed by atoms with Gasteiger partial charge in [-0.1, -0.05) is 78.9 Å². The van der Waals surface area contributed by atoms with Crippen molar-refractivity contribution in [1.29, 1.82) is 0 Å². The van der Waals surface area contributed by atoms with E-state index in [4.69, 9.17) is 18.9 Å². The van der Waals surface area contributed by atoms with Gasteiger partial charge in [0.15, 0.2) is 6.29 Å². The van der Waals surface area contributed by atoms with Crippen molar-refractivity contribution >= 4 is 5.97 Å². The third-order valence-corrected chi connectivity index (χ3v) is 5.60. The Balaban J connectivity index is 1.44. The SMILES string of the molecule is O=C(OC[C@H]1O[C@H](O)[C@H](OCc2ccccc2)[C@@H](OCc2ccccc2)[C@@H]1O)c1ccccc1. The van der Waals surface area contributed by atoms with Gasteiger partial charge >= 0.3 is 5.97 Å². The average Bonchev–Trinajstić information content (AvgIpc) is 2.89. The summed E-state index contributed by atoms with van der Waals surface area (Å²) < 4.78 is 22.9. The van der Waals surface area contributed by atoms with Gasteiger partial charge in [-0.15, -0.1) is 0 Å². The Morgan fingerprint density at radius 3 is 1.79 bits per heavy atom. The molecule has 7 heteroatoms. The highest BCUT2D eigenvalue weighted by Gasteiger charge is 2.46. The van der Waals surface area contributed by atoms with Crippen LogP contribution in [0, 0.1) is 0 Å². The molecule has 5 atom stereocenters. The molecule has 1 aliphatic heterocycles. The zero-order valence-corrected chi connectivity index (χ0v) is 18.6. The van der Waals surface area contributed by atoms with Crippen LogP contribution in [0.3, 0.4) is 0 Å². The molecule has 0 aromatic heterocycles. The van der Waals surface area contributed by atoms with Gasteiger partial charge in [-0.2, -0.15) is 0 Å². The van der Waals surface area contributed by atoms with Crippen LogP contribution >= 0.6 is 0 Å². The van der Waals surface area contributed by atoms with Crippen molar-refractivity contribution in [2.24, 2.45) is 0 Å². The molecule has 1 fully saturated rings. The fourth-order valence-corrected chi connectivity index (χ4v) is 3.76. The normalized spacial score (nSPS) is 24.5. The molecule has 0 bridgehead atoms. The van der Waals surface area contributed by atoms with Crippen LogP contribution < -0.4 is 0 Å². The second kappa shape index (κ2) is 11.9. The lowest BCUT2D eigenvalue weighted by molar-refractivity contribution is -0.307. The smallest absolute Gasteiger partial charge is 0.338 e. The third kappa shape index (κ3) is 6.28. The zero-order valence-electron chi connectivity index (χ0n) is 18.6. The second-order valence-corrected chi connectivity index (χ2v) is 8.04. The van der Waals surface area contributed by atoms with E-state index in [0.29, 0.717) is 5.56 Å². The van der Waals surface area contributed by atoms with Crippen LogP contribution in [0.2, 0.25) is 0 Å². The summed E-state index contributed by atoms with van der Waals surface area (Å²) in [5.41, 5.74) is 2.20. The molecule has 0 spiro atoms. The molecule has 0 unspecified atom stereocenters. The molecule has 0 aliphatic carbocycles. The Labute approximate surface area is 198 Å². The number of aliphatic hydroxyl groups excluding tert-OH is 2. The molecule has 3 aromatic rings. The first-order chi connectivity index (χ1) is 16.6. The molecule has 1 heterocycles. The molecular weight excluding hydrogens is 436 g/mol. The Morgan fingerprint density at radius 2 is 1.24 bits per heavy atom. The Morgan fingerprint density at radius 1 is 0.735 bits per heavy atom. The van der Waals surface area contributed by atoms with Crippen molar-refractivity contribution in [3.63, 3.8) is 0 Å². The third-order valence-electron chi connectivity index (χ3n) is 5.60. The van der Waals surface area contributed by atoms with Crippen molar-refractivity contribution < 1.29 is 34.0 Å². The summed E-state index contributed by atoms with van der Waals surface area (Å²) in [6, 6.07) is 27.5. The number of rotatable bonds is 9. The van der Waals surface area contributed by atoms with Crippen molar-refractivity contribution in [2.45, 2.75) is 43.9 Å². The Hall–Kier alpha value is -3.07. The minimum Gasteiger partial charge on any atom is -0.459 e. The minimum atomic E-state index is -1.38. The molecule has 1 aliphatic rings. The van der Waals surface area contributed by atoms with Gasteiger partial charge < -0.3 is 29.2 Å². The van der Waals surface area contributed by atoms with E-state index in [0.717, 1.165) is 11.1 Å². The van der Waals surface area contributed by atoms with E-state index in [2.05, 4.69) is 0 Å². The number of hydrogen-bond acceptors (Lipinski definition) is 7. The van der Waals surface area contributed by atoms with E-state index in [1.807, 2.05) is 60.7 Å². The van der Waals surface area contributed by atoms with E-state index in [9.17, 15) is 15.0 Å². The van der Waals surface area contributed by atoms with Crippen LogP contribution in [0.15, 0.2) is 91.0 Å². The first kappa shape index (κ1) is 24.1. The number of esters is 1. The summed E-state index contributed by atoms with van der Waals surface area (Å²) in [5.74, 6) is -0.546. The van der Waals surface area contributed by atoms with Crippen LogP contribution in [0.1, 0.15) is 21.5 Å². The molecule has 3 aromatic carbocycles. The maximum Gasteiger partial charge on any atom is 0.338 e. The monoisotopic (exact) mass is 464 g/mol. The summed E-state index contributed by atoms with van der Waals surface area (Å²) in [7, 11) is 0. The predicted molar refractivity (Wildman–Crippen MR) is 124 cm³/mol. The molecule has 34 heavy (non-hydrogen) atoms. The topological polar surface area (TPSA) is 94.5 Å². The van der Waals surface area contributed by atoms with E-state index in [-0.39, 0.29) is 19.8 Å². The Kier molecular flexibility index (Phi) is 8.41. The number of benzene rings is 3. The number of hydrogen-bond donors (Lipinski definition) is 2. The van der Waals surface area contributed by atoms with Crippen LogP contribution in [0.5, 0.6) is 0 Å². The highest BCUT2D eigenvalue weighted by molar-refractivity contribution is 5.89. The molecule has 1 saturated heterocycles. The average molecular weight is 465 g/mol. The molecule has 0 amide bonds. The van der Waals surface area contributed by atoms with Gasteiger partial charge in [0, 0.05) is 0 Å². The van der Waals surface area contributed by atoms with Gasteiger partial charge in [0.2, 0.25) is 0 Å². The molecular formula is C27H28O7. The largest absolute Gasteiger partial charge is 0.459 e. The molecule has 0 saturated carbocycles. The van der Waals surface area contributed by atoms with Crippen molar-refractivity contribution in [1.82, 2.24) is 0 Å². The van der Waals surface area contributed by atoms with Crippen molar-refractivity contribution in [3.8, 4) is 0 Å². The van der Waals surface area contributed by atoms with Gasteiger partial charge in [-0.05, 0) is 23.3 Å². The Bertz CT molecular complexity index is 1010. The maximum absolute atomic E-state index is 12.3. The van der Waals surface area contributed by atoms with Crippen molar-refractivity contribution in [2.75, 3.05) is 6.61 Å². The molecule has 0 radical (unpaired) electrons. The van der Waals surface area contributed by atoms with Crippen LogP contribution in [0.25, 0.3) is 0 Å². The molecule has 7 nitrogen and oxygen atoms in total. The van der Waals surface area contributed by atoms with Gasteiger partial charge in [-0.3, -0.25) is 0 Å². The summed E-state index contributed by atoms with van der Waals surface area (Å²) in [6.45, 7) is 0.164. The standard InChI is InChI=1S/C27H28O7/c28-23-22(18-33-26(29)21-14-8-3-9-15-21)34-27(30)25(32-17-20-12-6-2-7-13-20)24(23)31-16-19-10-4-1-5-11-19/h1-15,22-25,27-28,30H,16-18H2/t22-,23-,24+,25-,27+/m1/s1. The summed E-state index contributed by atoms with van der Waals surface area (Å²) in [5, 5.41) is 21.7. The molecule has 4 rings (SSSR count). The van der Waals surface area contributed by atoms with Crippen LogP contribution in [-0.4, -0.2) is 53.5 Å². The summed E-state index contributed by atoms with van der Waals surface area (Å²) in [4.78, 5) is 12.3. The maximum atomic E-state index is 12.3. The second-order valence-electron chi connectivity index (χ2n) is 8.04. The van der Waals surface area contributed by atoms with E-state index in [1.54, 1.807) is 30.3 Å². The van der Waals surface area contributed by atoms with Gasteiger partial charge in [0.05, 0.1) is 18.8 Å². The van der Waals surface area contributed by atoms with Crippen LogP contribution in [0.4, 0.5) is 0 Å². The molecule has 2 N–H and O–H groups in total. The zero-order chi connectivity index (χ0) is 23.8. The lowest BCUT2D eigenvalue weighted by atomic mass is 9.98. The number of ether oxygens (including phenoxy) is 4. The fourth-order valence-electron chi connectivity index (χ4n) is 3.76. The molecule has 178 valence electrons. The number of carbonyl (C=O) groups is 1. The lowest BCUT2D eigenvalue weighted by Crippen LogP contribution is -2.60. The fraction of sp³-hybridized carbons (Fsp3) is 0.296. The quantitative estimate of drug-likeness (QED) is 0.470. The van der Waals surface area contributed by atoms with E-state index in [1.165, 1.54) is 0 Å². The predicted octanol–water partition coefficient (Wildman–Crippen LogP) is 3.09. The summed E-state index contributed by atoms with van der Waals surface area (Å²) in [6.07, 6.45) is -5.42. The van der Waals surface area contributed by atoms with E-state index >= 15 is 0 Å². The van der Waals surface area contributed by atoms with Gasteiger partial charge in [0.1, 0.15) is 31.0 Å². The highest BCUT2D eigenvalue weighted by Crippen LogP contribution is 2.27. The van der Waals surface area contributed by atoms with Gasteiger partial charge in [-0.25, -0.2) is 4.79 Å². The first-order valence-corrected chi connectivity index (χ1v) is 11.2. The van der Waals surface area contributed by atoms with Crippen molar-refractivity contribution in [3.05, 3.63) is 108 Å². The highest BCUT2D eigenvalue weighted by atomic mass is 16.7. The number of aliphatic hydroxyl groups is 2. The van der Waals surface area contributed by atoms with Gasteiger partial charge in [0.25, 0.3) is 0 Å².